The summed E-state index contributed by atoms with van der Waals surface area (Å²) in [4.78, 5) is 12.7. The zero-order valence-corrected chi connectivity index (χ0v) is 11.3. The second-order valence-electron chi connectivity index (χ2n) is 3.26. The Balaban J connectivity index is 2.54. The molecule has 0 amide bonds. The quantitative estimate of drug-likeness (QED) is 0.806. The van der Waals surface area contributed by atoms with Crippen LogP contribution in [-0.4, -0.2) is 24.7 Å². The minimum atomic E-state index is 0.805. The summed E-state index contributed by atoms with van der Waals surface area (Å²) in [6.45, 7) is 4.11. The molecule has 2 rings (SSSR count). The maximum Gasteiger partial charge on any atom is 0.172 e. The third-order valence-corrected chi connectivity index (χ3v) is 2.96. The first-order chi connectivity index (χ1) is 7.76. The van der Waals surface area contributed by atoms with Gasteiger partial charge in [0.15, 0.2) is 11.6 Å². The third-order valence-electron chi connectivity index (χ3n) is 2.20. The lowest BCUT2D eigenvalue weighted by atomic mass is 10.4. The van der Waals surface area contributed by atoms with Crippen molar-refractivity contribution >= 4 is 22.6 Å². The van der Waals surface area contributed by atoms with E-state index in [-0.39, 0.29) is 0 Å². The minimum Gasteiger partial charge on any atom is -0.244 e. The normalized spacial score (nSPS) is 10.7. The Kier molecular flexibility index (Phi) is 3.47. The largest absolute Gasteiger partial charge is 0.244 e. The van der Waals surface area contributed by atoms with E-state index in [0.717, 1.165) is 33.9 Å². The first-order valence-corrected chi connectivity index (χ1v) is 6.24. The molecule has 0 aliphatic heterocycles. The molecule has 5 nitrogen and oxygen atoms in total. The average molecular weight is 329 g/mol. The SMILES string of the molecule is CCc1nc(CC)n(-c2ncncc2I)n1. The van der Waals surface area contributed by atoms with Gasteiger partial charge in [-0.2, -0.15) is 4.68 Å². The number of rotatable bonds is 3. The van der Waals surface area contributed by atoms with Gasteiger partial charge in [0.25, 0.3) is 0 Å². The van der Waals surface area contributed by atoms with E-state index < -0.39 is 0 Å². The molecule has 0 N–H and O–H groups in total. The molecule has 0 saturated heterocycles. The van der Waals surface area contributed by atoms with Crippen molar-refractivity contribution in [1.82, 2.24) is 24.7 Å². The fraction of sp³-hybridized carbons (Fsp3) is 0.400. The van der Waals surface area contributed by atoms with E-state index >= 15 is 0 Å². The van der Waals surface area contributed by atoms with Crippen LogP contribution in [0.4, 0.5) is 0 Å². The maximum atomic E-state index is 4.45. The highest BCUT2D eigenvalue weighted by atomic mass is 127. The summed E-state index contributed by atoms with van der Waals surface area (Å²) in [5, 5.41) is 4.44. The lowest BCUT2D eigenvalue weighted by Crippen LogP contribution is -2.06. The summed E-state index contributed by atoms with van der Waals surface area (Å²) in [5.41, 5.74) is 0. The third kappa shape index (κ3) is 2.06. The van der Waals surface area contributed by atoms with Gasteiger partial charge in [-0.25, -0.2) is 15.0 Å². The molecule has 2 aromatic rings. The summed E-state index contributed by atoms with van der Waals surface area (Å²) in [7, 11) is 0. The fourth-order valence-electron chi connectivity index (χ4n) is 1.40. The van der Waals surface area contributed by atoms with E-state index in [1.807, 2.05) is 11.6 Å². The van der Waals surface area contributed by atoms with Crippen molar-refractivity contribution in [2.45, 2.75) is 26.7 Å². The molecule has 0 fully saturated rings. The number of nitrogens with zero attached hydrogens (tertiary/aromatic N) is 5. The molecule has 0 radical (unpaired) electrons. The standard InChI is InChI=1S/C10H12IN5/c1-3-8-14-9(4-2)16(15-8)10-7(11)5-12-6-13-10/h5-6H,3-4H2,1-2H3. The van der Waals surface area contributed by atoms with Crippen LogP contribution in [0, 0.1) is 3.57 Å². The second-order valence-corrected chi connectivity index (χ2v) is 4.42. The van der Waals surface area contributed by atoms with Gasteiger partial charge in [0.05, 0.1) is 3.57 Å². The van der Waals surface area contributed by atoms with Crippen molar-refractivity contribution in [3.8, 4) is 5.82 Å². The van der Waals surface area contributed by atoms with Crippen LogP contribution in [0.2, 0.25) is 0 Å². The Bertz CT molecular complexity index is 494. The van der Waals surface area contributed by atoms with Crippen LogP contribution in [0.15, 0.2) is 12.5 Å². The lowest BCUT2D eigenvalue weighted by molar-refractivity contribution is 0.760. The van der Waals surface area contributed by atoms with Gasteiger partial charge in [0, 0.05) is 19.0 Å². The molecule has 0 aliphatic rings. The molecule has 0 aromatic carbocycles. The van der Waals surface area contributed by atoms with Crippen LogP contribution in [0.25, 0.3) is 5.82 Å². The van der Waals surface area contributed by atoms with Crippen LogP contribution >= 0.6 is 22.6 Å². The van der Waals surface area contributed by atoms with Crippen LogP contribution in [-0.2, 0) is 12.8 Å². The molecule has 16 heavy (non-hydrogen) atoms. The smallest absolute Gasteiger partial charge is 0.172 e. The van der Waals surface area contributed by atoms with Gasteiger partial charge in [-0.05, 0) is 22.6 Å². The lowest BCUT2D eigenvalue weighted by Gasteiger charge is -2.04. The van der Waals surface area contributed by atoms with Gasteiger partial charge in [0.1, 0.15) is 12.2 Å². The highest BCUT2D eigenvalue weighted by Crippen LogP contribution is 2.14. The van der Waals surface area contributed by atoms with Gasteiger partial charge in [-0.1, -0.05) is 13.8 Å². The maximum absolute atomic E-state index is 4.45. The van der Waals surface area contributed by atoms with Crippen LogP contribution in [0.3, 0.4) is 0 Å². The predicted molar refractivity (Wildman–Crippen MR) is 68.4 cm³/mol. The van der Waals surface area contributed by atoms with E-state index in [0.29, 0.717) is 0 Å². The van der Waals surface area contributed by atoms with Gasteiger partial charge in [0.2, 0.25) is 0 Å². The van der Waals surface area contributed by atoms with E-state index in [2.05, 4.69) is 49.6 Å². The van der Waals surface area contributed by atoms with E-state index in [9.17, 15) is 0 Å². The van der Waals surface area contributed by atoms with Crippen molar-refractivity contribution in [3.05, 3.63) is 27.7 Å². The molecule has 0 saturated carbocycles. The number of hydrogen-bond donors (Lipinski definition) is 0. The highest BCUT2D eigenvalue weighted by molar-refractivity contribution is 14.1. The average Bonchev–Trinajstić information content (AvgIpc) is 2.72. The van der Waals surface area contributed by atoms with E-state index in [1.165, 1.54) is 6.33 Å². The number of halogens is 1. The molecular formula is C10H12IN5. The number of aryl methyl sites for hydroxylation is 2. The number of aromatic nitrogens is 5. The molecule has 0 aliphatic carbocycles. The van der Waals surface area contributed by atoms with Crippen molar-refractivity contribution in [3.63, 3.8) is 0 Å². The minimum absolute atomic E-state index is 0.805. The first kappa shape index (κ1) is 11.4. The summed E-state index contributed by atoms with van der Waals surface area (Å²) in [5.74, 6) is 2.60. The van der Waals surface area contributed by atoms with Crippen molar-refractivity contribution in [2.24, 2.45) is 0 Å². The predicted octanol–water partition coefficient (Wildman–Crippen LogP) is 1.79. The molecule has 84 valence electrons. The Hall–Kier alpha value is -1.05. The molecule has 0 bridgehead atoms. The van der Waals surface area contributed by atoms with Crippen LogP contribution in [0.1, 0.15) is 25.5 Å². The monoisotopic (exact) mass is 329 g/mol. The van der Waals surface area contributed by atoms with Gasteiger partial charge in [-0.15, -0.1) is 5.10 Å². The zero-order chi connectivity index (χ0) is 11.5. The van der Waals surface area contributed by atoms with Crippen LogP contribution in [0.5, 0.6) is 0 Å². The van der Waals surface area contributed by atoms with Crippen molar-refractivity contribution < 1.29 is 0 Å². The highest BCUT2D eigenvalue weighted by Gasteiger charge is 2.12. The zero-order valence-electron chi connectivity index (χ0n) is 9.18. The second kappa shape index (κ2) is 4.86. The molecule has 6 heteroatoms. The van der Waals surface area contributed by atoms with Gasteiger partial charge >= 0.3 is 0 Å². The van der Waals surface area contributed by atoms with Crippen LogP contribution < -0.4 is 0 Å². The molecule has 2 aromatic heterocycles. The van der Waals surface area contributed by atoms with E-state index in [4.69, 9.17) is 0 Å². The molecule has 0 atom stereocenters. The van der Waals surface area contributed by atoms with Gasteiger partial charge in [-0.3, -0.25) is 0 Å². The summed E-state index contributed by atoms with van der Waals surface area (Å²) in [6, 6.07) is 0. The fourth-order valence-corrected chi connectivity index (χ4v) is 1.93. The Morgan fingerprint density at radius 2 is 2.12 bits per heavy atom. The Morgan fingerprint density at radius 1 is 1.31 bits per heavy atom. The topological polar surface area (TPSA) is 56.5 Å². The van der Waals surface area contributed by atoms with Crippen molar-refractivity contribution in [1.29, 1.82) is 0 Å². The van der Waals surface area contributed by atoms with E-state index in [1.54, 1.807) is 6.20 Å². The Labute approximate surface area is 107 Å². The molecule has 2 heterocycles. The molecule has 0 unspecified atom stereocenters. The number of hydrogen-bond acceptors (Lipinski definition) is 4. The molecular weight excluding hydrogens is 317 g/mol. The summed E-state index contributed by atoms with van der Waals surface area (Å²) in [6.07, 6.45) is 4.98. The first-order valence-electron chi connectivity index (χ1n) is 5.17. The molecule has 0 spiro atoms. The van der Waals surface area contributed by atoms with Gasteiger partial charge < -0.3 is 0 Å². The summed E-state index contributed by atoms with van der Waals surface area (Å²) < 4.78 is 2.78. The van der Waals surface area contributed by atoms with Crippen molar-refractivity contribution in [2.75, 3.05) is 0 Å². The Morgan fingerprint density at radius 3 is 2.75 bits per heavy atom. The summed E-state index contributed by atoms with van der Waals surface area (Å²) >= 11 is 2.20.